The van der Waals surface area contributed by atoms with Gasteiger partial charge in [-0.3, -0.25) is 0 Å². The lowest BCUT2D eigenvalue weighted by Gasteiger charge is -2.23. The van der Waals surface area contributed by atoms with Crippen LogP contribution in [0.25, 0.3) is 0 Å². The average molecular weight is 289 g/mol. The fraction of sp³-hybridized carbons (Fsp3) is 0.562. The summed E-state index contributed by atoms with van der Waals surface area (Å²) in [5.41, 5.74) is 8.69. The zero-order chi connectivity index (χ0) is 15.0. The van der Waals surface area contributed by atoms with E-state index in [1.54, 1.807) is 0 Å². The van der Waals surface area contributed by atoms with E-state index in [0.717, 1.165) is 36.8 Å². The summed E-state index contributed by atoms with van der Waals surface area (Å²) < 4.78 is 13.3. The van der Waals surface area contributed by atoms with Crippen LogP contribution in [0.15, 0.2) is 23.0 Å². The first-order chi connectivity index (χ1) is 10.1. The van der Waals surface area contributed by atoms with Gasteiger partial charge in [0.25, 0.3) is 0 Å². The van der Waals surface area contributed by atoms with Crippen LogP contribution >= 0.6 is 0 Å². The number of nitrogens with two attached hydrogens (primary N) is 1. The molecule has 21 heavy (non-hydrogen) atoms. The maximum Gasteiger partial charge on any atom is 0.106 e. The smallest absolute Gasteiger partial charge is 0.106 e. The van der Waals surface area contributed by atoms with E-state index in [1.807, 2.05) is 26.4 Å². The fourth-order valence-corrected chi connectivity index (χ4v) is 3.19. The Labute approximate surface area is 125 Å². The number of hydrogen-bond acceptors (Lipinski definition) is 4. The van der Waals surface area contributed by atoms with Crippen LogP contribution in [-0.2, 0) is 4.74 Å². The van der Waals surface area contributed by atoms with Crippen molar-refractivity contribution in [3.05, 3.63) is 41.4 Å². The molecule has 5 heteroatoms. The Kier molecular flexibility index (Phi) is 3.87. The summed E-state index contributed by atoms with van der Waals surface area (Å²) in [7, 11) is 0. The molecule has 1 saturated heterocycles. The molecule has 3 heterocycles. The Morgan fingerprint density at radius 2 is 2.24 bits per heavy atom. The predicted octanol–water partition coefficient (Wildman–Crippen LogP) is 2.74. The van der Waals surface area contributed by atoms with Crippen LogP contribution < -0.4 is 5.73 Å². The largest absolute Gasteiger partial charge is 0.466 e. The third-order valence-electron chi connectivity index (χ3n) is 4.46. The molecule has 0 aromatic carbocycles. The minimum absolute atomic E-state index is 0.0363. The van der Waals surface area contributed by atoms with Gasteiger partial charge in [-0.15, -0.1) is 0 Å². The Morgan fingerprint density at radius 3 is 2.86 bits per heavy atom. The molecule has 2 aromatic rings. The molecule has 1 fully saturated rings. The summed E-state index contributed by atoms with van der Waals surface area (Å²) in [4.78, 5) is 4.31. The highest BCUT2D eigenvalue weighted by Crippen LogP contribution is 2.31. The van der Waals surface area contributed by atoms with E-state index in [1.165, 1.54) is 5.56 Å². The molecule has 1 aliphatic rings. The number of hydrogen-bond donors (Lipinski definition) is 1. The molecule has 0 spiro atoms. The SMILES string of the molecule is Cc1cc(C(C)n2cncc2C(N)C2CCOC2)c(C)o1. The lowest BCUT2D eigenvalue weighted by molar-refractivity contribution is 0.180. The average Bonchev–Trinajstić information content (AvgIpc) is 3.17. The first kappa shape index (κ1) is 14.4. The van der Waals surface area contributed by atoms with Gasteiger partial charge in [0.05, 0.1) is 30.7 Å². The van der Waals surface area contributed by atoms with Gasteiger partial charge in [0.1, 0.15) is 11.5 Å². The molecule has 114 valence electrons. The van der Waals surface area contributed by atoms with Crippen molar-refractivity contribution < 1.29 is 9.15 Å². The third kappa shape index (κ3) is 2.63. The summed E-state index contributed by atoms with van der Waals surface area (Å²) in [5.74, 6) is 2.27. The molecular formula is C16H23N3O2. The summed E-state index contributed by atoms with van der Waals surface area (Å²) in [6.07, 6.45) is 4.75. The van der Waals surface area contributed by atoms with E-state index < -0.39 is 0 Å². The van der Waals surface area contributed by atoms with Crippen LogP contribution in [0.4, 0.5) is 0 Å². The highest BCUT2D eigenvalue weighted by atomic mass is 16.5. The molecule has 3 rings (SSSR count). The molecule has 5 nitrogen and oxygen atoms in total. The van der Waals surface area contributed by atoms with Gasteiger partial charge in [-0.25, -0.2) is 4.98 Å². The van der Waals surface area contributed by atoms with Crippen LogP contribution in [0, 0.1) is 19.8 Å². The molecule has 0 bridgehead atoms. The van der Waals surface area contributed by atoms with Gasteiger partial charge in [-0.05, 0) is 33.3 Å². The fourth-order valence-electron chi connectivity index (χ4n) is 3.19. The highest BCUT2D eigenvalue weighted by Gasteiger charge is 2.28. The van der Waals surface area contributed by atoms with Crippen molar-refractivity contribution in [2.75, 3.05) is 13.2 Å². The van der Waals surface area contributed by atoms with Crippen molar-refractivity contribution in [1.29, 1.82) is 0 Å². The number of ether oxygens (including phenoxy) is 1. The van der Waals surface area contributed by atoms with E-state index >= 15 is 0 Å². The molecule has 2 N–H and O–H groups in total. The van der Waals surface area contributed by atoms with Gasteiger partial charge in [-0.1, -0.05) is 0 Å². The minimum atomic E-state index is -0.0363. The maximum absolute atomic E-state index is 6.44. The molecular weight excluding hydrogens is 266 g/mol. The van der Waals surface area contributed by atoms with E-state index in [9.17, 15) is 0 Å². The molecule has 1 aliphatic heterocycles. The molecule has 0 amide bonds. The van der Waals surface area contributed by atoms with Crippen LogP contribution in [0.2, 0.25) is 0 Å². The lowest BCUT2D eigenvalue weighted by atomic mass is 9.96. The molecule has 0 radical (unpaired) electrons. The molecule has 2 aromatic heterocycles. The van der Waals surface area contributed by atoms with Crippen LogP contribution in [-0.4, -0.2) is 22.8 Å². The molecule has 3 unspecified atom stereocenters. The summed E-state index contributed by atoms with van der Waals surface area (Å²) in [6, 6.07) is 2.22. The number of aromatic nitrogens is 2. The van der Waals surface area contributed by atoms with Crippen molar-refractivity contribution in [2.45, 2.75) is 39.3 Å². The second-order valence-electron chi connectivity index (χ2n) is 5.92. The maximum atomic E-state index is 6.44. The van der Waals surface area contributed by atoms with Gasteiger partial charge in [-0.2, -0.15) is 0 Å². The Morgan fingerprint density at radius 1 is 1.43 bits per heavy atom. The second kappa shape index (κ2) is 5.66. The standard InChI is InChI=1S/C16H23N3O2/c1-10-6-14(12(3)21-10)11(2)19-9-18-7-15(19)16(17)13-4-5-20-8-13/h6-7,9,11,13,16H,4-5,8,17H2,1-3H3. The van der Waals surface area contributed by atoms with Gasteiger partial charge in [0, 0.05) is 24.3 Å². The van der Waals surface area contributed by atoms with Crippen molar-refractivity contribution >= 4 is 0 Å². The normalized spacial score (nSPS) is 21.6. The first-order valence-electron chi connectivity index (χ1n) is 7.50. The minimum Gasteiger partial charge on any atom is -0.466 e. The quantitative estimate of drug-likeness (QED) is 0.940. The summed E-state index contributed by atoms with van der Waals surface area (Å²) >= 11 is 0. The summed E-state index contributed by atoms with van der Waals surface area (Å²) in [5, 5.41) is 0. The van der Waals surface area contributed by atoms with Crippen LogP contribution in [0.3, 0.4) is 0 Å². The lowest BCUT2D eigenvalue weighted by Crippen LogP contribution is -2.25. The van der Waals surface area contributed by atoms with Gasteiger partial charge in [0.15, 0.2) is 0 Å². The van der Waals surface area contributed by atoms with Gasteiger partial charge >= 0.3 is 0 Å². The highest BCUT2D eigenvalue weighted by molar-refractivity contribution is 5.25. The number of rotatable bonds is 4. The Bertz CT molecular complexity index is 611. The molecule has 0 aliphatic carbocycles. The first-order valence-corrected chi connectivity index (χ1v) is 7.50. The van der Waals surface area contributed by atoms with E-state index in [0.29, 0.717) is 5.92 Å². The van der Waals surface area contributed by atoms with E-state index in [2.05, 4.69) is 22.5 Å². The third-order valence-corrected chi connectivity index (χ3v) is 4.46. The van der Waals surface area contributed by atoms with Crippen molar-refractivity contribution in [1.82, 2.24) is 9.55 Å². The van der Waals surface area contributed by atoms with Gasteiger partial charge in [0.2, 0.25) is 0 Å². The van der Waals surface area contributed by atoms with E-state index in [4.69, 9.17) is 14.9 Å². The summed E-state index contributed by atoms with van der Waals surface area (Å²) in [6.45, 7) is 7.67. The second-order valence-corrected chi connectivity index (χ2v) is 5.92. The number of imidazole rings is 1. The van der Waals surface area contributed by atoms with Gasteiger partial charge < -0.3 is 19.5 Å². The van der Waals surface area contributed by atoms with Crippen molar-refractivity contribution in [2.24, 2.45) is 11.7 Å². The zero-order valence-corrected chi connectivity index (χ0v) is 12.9. The van der Waals surface area contributed by atoms with Crippen LogP contribution in [0.5, 0.6) is 0 Å². The number of aryl methyl sites for hydroxylation is 2. The Balaban J connectivity index is 1.89. The zero-order valence-electron chi connectivity index (χ0n) is 12.9. The number of nitrogens with zero attached hydrogens (tertiary/aromatic N) is 2. The van der Waals surface area contributed by atoms with Crippen molar-refractivity contribution in [3.8, 4) is 0 Å². The topological polar surface area (TPSA) is 66.2 Å². The predicted molar refractivity (Wildman–Crippen MR) is 80.1 cm³/mol. The Hall–Kier alpha value is -1.59. The van der Waals surface area contributed by atoms with E-state index in [-0.39, 0.29) is 12.1 Å². The number of furan rings is 1. The molecule has 0 saturated carbocycles. The molecule has 3 atom stereocenters. The van der Waals surface area contributed by atoms with Crippen LogP contribution in [0.1, 0.15) is 48.2 Å². The monoisotopic (exact) mass is 289 g/mol. The van der Waals surface area contributed by atoms with Crippen molar-refractivity contribution in [3.63, 3.8) is 0 Å².